The Balaban J connectivity index is 2.23. The molecule has 18 heavy (non-hydrogen) atoms. The molecular formula is C14H21NO3. The lowest BCUT2D eigenvalue weighted by Gasteiger charge is -2.17. The number of methoxy groups -OCH3 is 3. The molecule has 1 fully saturated rings. The molecule has 0 aliphatic heterocycles. The molecule has 2 rings (SSSR count). The average Bonchev–Trinajstić information content (AvgIpc) is 3.13. The van der Waals surface area contributed by atoms with Crippen molar-refractivity contribution in [3.8, 4) is 17.2 Å². The van der Waals surface area contributed by atoms with Gasteiger partial charge < -0.3 is 19.5 Å². The molecule has 0 unspecified atom stereocenters. The van der Waals surface area contributed by atoms with Crippen LogP contribution >= 0.6 is 0 Å². The quantitative estimate of drug-likeness (QED) is 0.842. The SMILES string of the molecule is COc1ccc(CNC2(C)CC2)c(OC)c1OC. The smallest absolute Gasteiger partial charge is 0.203 e. The monoisotopic (exact) mass is 251 g/mol. The van der Waals surface area contributed by atoms with Crippen LogP contribution in [-0.4, -0.2) is 26.9 Å². The van der Waals surface area contributed by atoms with Crippen molar-refractivity contribution in [1.29, 1.82) is 0 Å². The number of hydrogen-bond donors (Lipinski definition) is 1. The first kappa shape index (κ1) is 13.0. The summed E-state index contributed by atoms with van der Waals surface area (Å²) in [6, 6.07) is 3.92. The van der Waals surface area contributed by atoms with Crippen LogP contribution in [0, 0.1) is 0 Å². The van der Waals surface area contributed by atoms with Crippen molar-refractivity contribution in [3.05, 3.63) is 17.7 Å². The highest BCUT2D eigenvalue weighted by Crippen LogP contribution is 2.41. The summed E-state index contributed by atoms with van der Waals surface area (Å²) < 4.78 is 16.1. The van der Waals surface area contributed by atoms with E-state index in [0.29, 0.717) is 17.0 Å². The fourth-order valence-corrected chi connectivity index (χ4v) is 1.98. The third kappa shape index (κ3) is 2.53. The van der Waals surface area contributed by atoms with Gasteiger partial charge in [0.1, 0.15) is 0 Å². The van der Waals surface area contributed by atoms with Crippen molar-refractivity contribution >= 4 is 0 Å². The first-order valence-corrected chi connectivity index (χ1v) is 6.16. The fraction of sp³-hybridized carbons (Fsp3) is 0.571. The lowest BCUT2D eigenvalue weighted by molar-refractivity contribution is 0.321. The second-order valence-corrected chi connectivity index (χ2v) is 4.91. The van der Waals surface area contributed by atoms with Gasteiger partial charge in [0.25, 0.3) is 0 Å². The standard InChI is InChI=1S/C14H21NO3/c1-14(7-8-14)15-9-10-5-6-11(16-2)13(18-4)12(10)17-3/h5-6,15H,7-9H2,1-4H3. The van der Waals surface area contributed by atoms with Crippen LogP contribution in [0.2, 0.25) is 0 Å². The van der Waals surface area contributed by atoms with Gasteiger partial charge in [-0.15, -0.1) is 0 Å². The number of rotatable bonds is 6. The van der Waals surface area contributed by atoms with Gasteiger partial charge in [-0.1, -0.05) is 6.07 Å². The lowest BCUT2D eigenvalue weighted by atomic mass is 10.1. The fourth-order valence-electron chi connectivity index (χ4n) is 1.98. The highest BCUT2D eigenvalue weighted by Gasteiger charge is 2.36. The Morgan fingerprint density at radius 2 is 1.72 bits per heavy atom. The molecule has 1 aromatic carbocycles. The van der Waals surface area contributed by atoms with Gasteiger partial charge in [-0.2, -0.15) is 0 Å². The van der Waals surface area contributed by atoms with Crippen LogP contribution < -0.4 is 19.5 Å². The van der Waals surface area contributed by atoms with E-state index < -0.39 is 0 Å². The van der Waals surface area contributed by atoms with Gasteiger partial charge in [0.2, 0.25) is 5.75 Å². The molecule has 4 nitrogen and oxygen atoms in total. The Labute approximate surface area is 108 Å². The maximum Gasteiger partial charge on any atom is 0.203 e. The molecule has 0 aromatic heterocycles. The molecule has 1 aliphatic carbocycles. The Morgan fingerprint density at radius 3 is 2.22 bits per heavy atom. The Bertz CT molecular complexity index is 427. The van der Waals surface area contributed by atoms with Crippen molar-refractivity contribution in [2.24, 2.45) is 0 Å². The molecule has 0 atom stereocenters. The van der Waals surface area contributed by atoms with E-state index in [0.717, 1.165) is 17.9 Å². The van der Waals surface area contributed by atoms with Gasteiger partial charge in [-0.05, 0) is 25.8 Å². The van der Waals surface area contributed by atoms with Crippen molar-refractivity contribution in [3.63, 3.8) is 0 Å². The first-order chi connectivity index (χ1) is 8.63. The van der Waals surface area contributed by atoms with Crippen LogP contribution in [0.1, 0.15) is 25.3 Å². The summed E-state index contributed by atoms with van der Waals surface area (Å²) in [6.45, 7) is 3.01. The van der Waals surface area contributed by atoms with Gasteiger partial charge in [0.15, 0.2) is 11.5 Å². The number of benzene rings is 1. The minimum Gasteiger partial charge on any atom is -0.493 e. The third-order valence-corrected chi connectivity index (χ3v) is 3.49. The van der Waals surface area contributed by atoms with Crippen LogP contribution in [0.3, 0.4) is 0 Å². The van der Waals surface area contributed by atoms with Gasteiger partial charge in [-0.25, -0.2) is 0 Å². The van der Waals surface area contributed by atoms with E-state index >= 15 is 0 Å². The highest BCUT2D eigenvalue weighted by molar-refractivity contribution is 5.55. The Morgan fingerprint density at radius 1 is 1.06 bits per heavy atom. The van der Waals surface area contributed by atoms with E-state index in [9.17, 15) is 0 Å². The molecule has 1 saturated carbocycles. The van der Waals surface area contributed by atoms with E-state index in [-0.39, 0.29) is 0 Å². The Kier molecular flexibility index (Phi) is 3.66. The molecular weight excluding hydrogens is 230 g/mol. The summed E-state index contributed by atoms with van der Waals surface area (Å²) >= 11 is 0. The number of hydrogen-bond acceptors (Lipinski definition) is 4. The van der Waals surface area contributed by atoms with Crippen molar-refractivity contribution in [1.82, 2.24) is 5.32 Å². The van der Waals surface area contributed by atoms with Gasteiger partial charge in [0.05, 0.1) is 21.3 Å². The van der Waals surface area contributed by atoms with Crippen LogP contribution in [0.4, 0.5) is 0 Å². The van der Waals surface area contributed by atoms with E-state index in [1.165, 1.54) is 12.8 Å². The summed E-state index contributed by atoms with van der Waals surface area (Å²) in [7, 11) is 4.90. The summed E-state index contributed by atoms with van der Waals surface area (Å²) in [4.78, 5) is 0. The lowest BCUT2D eigenvalue weighted by Crippen LogP contribution is -2.27. The number of ether oxygens (including phenoxy) is 3. The van der Waals surface area contributed by atoms with E-state index in [1.54, 1.807) is 21.3 Å². The summed E-state index contributed by atoms with van der Waals surface area (Å²) in [5.74, 6) is 2.09. The highest BCUT2D eigenvalue weighted by atomic mass is 16.5. The average molecular weight is 251 g/mol. The van der Waals surface area contributed by atoms with Crippen LogP contribution in [0.5, 0.6) is 17.2 Å². The largest absolute Gasteiger partial charge is 0.493 e. The molecule has 1 aliphatic rings. The van der Waals surface area contributed by atoms with Gasteiger partial charge in [0, 0.05) is 17.6 Å². The summed E-state index contributed by atoms with van der Waals surface area (Å²) in [5.41, 5.74) is 1.39. The predicted molar refractivity (Wildman–Crippen MR) is 70.6 cm³/mol. The topological polar surface area (TPSA) is 39.7 Å². The molecule has 0 bridgehead atoms. The Hall–Kier alpha value is -1.42. The molecule has 1 aromatic rings. The van der Waals surface area contributed by atoms with Crippen LogP contribution in [-0.2, 0) is 6.54 Å². The maximum absolute atomic E-state index is 5.45. The maximum atomic E-state index is 5.45. The molecule has 0 spiro atoms. The molecule has 100 valence electrons. The molecule has 0 amide bonds. The van der Waals surface area contributed by atoms with Crippen molar-refractivity contribution in [2.75, 3.05) is 21.3 Å². The number of nitrogens with one attached hydrogen (secondary N) is 1. The third-order valence-electron chi connectivity index (χ3n) is 3.49. The molecule has 0 heterocycles. The van der Waals surface area contributed by atoms with Crippen molar-refractivity contribution in [2.45, 2.75) is 31.8 Å². The summed E-state index contributed by atoms with van der Waals surface area (Å²) in [5, 5.41) is 3.54. The first-order valence-electron chi connectivity index (χ1n) is 6.16. The second-order valence-electron chi connectivity index (χ2n) is 4.91. The summed E-state index contributed by atoms with van der Waals surface area (Å²) in [6.07, 6.45) is 2.48. The zero-order valence-corrected chi connectivity index (χ0v) is 11.5. The van der Waals surface area contributed by atoms with Crippen LogP contribution in [0.15, 0.2) is 12.1 Å². The zero-order chi connectivity index (χ0) is 13.2. The van der Waals surface area contributed by atoms with E-state index in [1.807, 2.05) is 12.1 Å². The minimum atomic E-state index is 0.304. The molecule has 1 N–H and O–H groups in total. The van der Waals surface area contributed by atoms with Crippen molar-refractivity contribution < 1.29 is 14.2 Å². The van der Waals surface area contributed by atoms with E-state index in [4.69, 9.17) is 14.2 Å². The van der Waals surface area contributed by atoms with Gasteiger partial charge in [-0.3, -0.25) is 0 Å². The predicted octanol–water partition coefficient (Wildman–Crippen LogP) is 2.35. The molecule has 4 heteroatoms. The zero-order valence-electron chi connectivity index (χ0n) is 11.5. The molecule has 0 radical (unpaired) electrons. The molecule has 0 saturated heterocycles. The van der Waals surface area contributed by atoms with Gasteiger partial charge >= 0.3 is 0 Å². The van der Waals surface area contributed by atoms with E-state index in [2.05, 4.69) is 12.2 Å². The second kappa shape index (κ2) is 5.06. The van der Waals surface area contributed by atoms with Crippen LogP contribution in [0.25, 0.3) is 0 Å². The minimum absolute atomic E-state index is 0.304. The normalized spacial score (nSPS) is 16.2.